The van der Waals surface area contributed by atoms with Crippen molar-refractivity contribution in [2.24, 2.45) is 11.8 Å². The summed E-state index contributed by atoms with van der Waals surface area (Å²) in [5.74, 6) is 2.23. The zero-order valence-electron chi connectivity index (χ0n) is 14.8. The number of nitrogens with zero attached hydrogens (tertiary/aromatic N) is 3. The van der Waals surface area contributed by atoms with E-state index in [1.54, 1.807) is 0 Å². The summed E-state index contributed by atoms with van der Waals surface area (Å²) in [6.45, 7) is 13.9. The van der Waals surface area contributed by atoms with E-state index in [0.717, 1.165) is 43.3 Å². The second kappa shape index (κ2) is 8.44. The third kappa shape index (κ3) is 6.53. The summed E-state index contributed by atoms with van der Waals surface area (Å²) < 4.78 is 0. The van der Waals surface area contributed by atoms with Gasteiger partial charge in [-0.2, -0.15) is 0 Å². The number of hydrogen-bond acceptors (Lipinski definition) is 4. The molecule has 0 aromatic carbocycles. The molecule has 0 saturated heterocycles. The molecule has 1 rings (SSSR count). The predicted molar refractivity (Wildman–Crippen MR) is 89.5 cm³/mol. The monoisotopic (exact) mass is 292 g/mol. The lowest BCUT2D eigenvalue weighted by molar-refractivity contribution is 0.389. The highest BCUT2D eigenvalue weighted by atomic mass is 15.1. The minimum absolute atomic E-state index is 0.601. The highest BCUT2D eigenvalue weighted by Gasteiger charge is 2.12. The molecule has 1 aromatic rings. The molecule has 1 unspecified atom stereocenters. The largest absolute Gasteiger partial charge is 0.316 e. The van der Waals surface area contributed by atoms with Crippen molar-refractivity contribution in [3.63, 3.8) is 0 Å². The SMILES string of the molecule is Cc1nc(CN(C)C)nc(C)c1CC(C)CNCC(C)C. The summed E-state index contributed by atoms with van der Waals surface area (Å²) in [5.41, 5.74) is 3.58. The lowest BCUT2D eigenvalue weighted by Crippen LogP contribution is -2.26. The molecule has 1 N–H and O–H groups in total. The van der Waals surface area contributed by atoms with Crippen molar-refractivity contribution in [1.29, 1.82) is 0 Å². The maximum atomic E-state index is 4.66. The number of rotatable bonds is 8. The van der Waals surface area contributed by atoms with Gasteiger partial charge >= 0.3 is 0 Å². The molecule has 0 amide bonds. The van der Waals surface area contributed by atoms with E-state index < -0.39 is 0 Å². The Morgan fingerprint density at radius 1 is 1.00 bits per heavy atom. The van der Waals surface area contributed by atoms with E-state index in [1.165, 1.54) is 5.56 Å². The normalized spacial score (nSPS) is 13.2. The quantitative estimate of drug-likeness (QED) is 0.799. The average molecular weight is 292 g/mol. The van der Waals surface area contributed by atoms with E-state index in [1.807, 2.05) is 14.1 Å². The molecule has 0 aliphatic rings. The number of hydrogen-bond donors (Lipinski definition) is 1. The van der Waals surface area contributed by atoms with E-state index in [4.69, 9.17) is 0 Å². The first-order valence-electron chi connectivity index (χ1n) is 7.98. The van der Waals surface area contributed by atoms with E-state index in [-0.39, 0.29) is 0 Å². The minimum Gasteiger partial charge on any atom is -0.316 e. The summed E-state index contributed by atoms with van der Waals surface area (Å²) in [6.07, 6.45) is 1.05. The third-order valence-corrected chi connectivity index (χ3v) is 3.52. The summed E-state index contributed by atoms with van der Waals surface area (Å²) in [7, 11) is 4.09. The summed E-state index contributed by atoms with van der Waals surface area (Å²) in [6, 6.07) is 0. The maximum Gasteiger partial charge on any atom is 0.142 e. The highest BCUT2D eigenvalue weighted by Crippen LogP contribution is 2.15. The van der Waals surface area contributed by atoms with Crippen LogP contribution in [0.5, 0.6) is 0 Å². The molecule has 0 radical (unpaired) electrons. The molecular formula is C17H32N4. The lowest BCUT2D eigenvalue weighted by atomic mass is 9.98. The van der Waals surface area contributed by atoms with Gasteiger partial charge in [-0.15, -0.1) is 0 Å². The second-order valence-electron chi connectivity index (χ2n) is 6.89. The highest BCUT2D eigenvalue weighted by molar-refractivity contribution is 5.25. The Hall–Kier alpha value is -1.00. The Kier molecular flexibility index (Phi) is 7.26. The van der Waals surface area contributed by atoms with E-state index >= 15 is 0 Å². The zero-order chi connectivity index (χ0) is 16.0. The van der Waals surface area contributed by atoms with Gasteiger partial charge in [0, 0.05) is 11.4 Å². The predicted octanol–water partition coefficient (Wildman–Crippen LogP) is 2.58. The smallest absolute Gasteiger partial charge is 0.142 e. The van der Waals surface area contributed by atoms with Crippen LogP contribution in [-0.2, 0) is 13.0 Å². The van der Waals surface area contributed by atoms with E-state index in [0.29, 0.717) is 11.8 Å². The Morgan fingerprint density at radius 3 is 2.05 bits per heavy atom. The van der Waals surface area contributed by atoms with Gasteiger partial charge in [-0.1, -0.05) is 20.8 Å². The van der Waals surface area contributed by atoms with Crippen molar-refractivity contribution >= 4 is 0 Å². The second-order valence-corrected chi connectivity index (χ2v) is 6.89. The van der Waals surface area contributed by atoms with E-state index in [2.05, 4.69) is 54.8 Å². The van der Waals surface area contributed by atoms with Gasteiger partial charge in [0.2, 0.25) is 0 Å². The Bertz CT molecular complexity index is 417. The van der Waals surface area contributed by atoms with Crippen molar-refractivity contribution in [2.75, 3.05) is 27.2 Å². The lowest BCUT2D eigenvalue weighted by Gasteiger charge is -2.17. The van der Waals surface area contributed by atoms with Crippen LogP contribution >= 0.6 is 0 Å². The Labute approximate surface area is 130 Å². The first-order valence-corrected chi connectivity index (χ1v) is 7.98. The van der Waals surface area contributed by atoms with E-state index in [9.17, 15) is 0 Å². The first kappa shape index (κ1) is 18.1. The van der Waals surface area contributed by atoms with Crippen LogP contribution in [0.4, 0.5) is 0 Å². The van der Waals surface area contributed by atoms with Crippen LogP contribution in [0, 0.1) is 25.7 Å². The van der Waals surface area contributed by atoms with Crippen LogP contribution in [0.25, 0.3) is 0 Å². The number of aromatic nitrogens is 2. The molecule has 0 aliphatic heterocycles. The standard InChI is InChI=1S/C17H32N4/c1-12(2)9-18-10-13(3)8-16-14(4)19-17(11-21(6)7)20-15(16)5/h12-13,18H,8-11H2,1-7H3. The fourth-order valence-electron chi connectivity index (χ4n) is 2.50. The summed E-state index contributed by atoms with van der Waals surface area (Å²) >= 11 is 0. The zero-order valence-corrected chi connectivity index (χ0v) is 14.8. The summed E-state index contributed by atoms with van der Waals surface area (Å²) in [5, 5.41) is 3.53. The molecule has 0 bridgehead atoms. The molecule has 1 heterocycles. The van der Waals surface area contributed by atoms with Crippen LogP contribution in [-0.4, -0.2) is 42.1 Å². The van der Waals surface area contributed by atoms with Crippen LogP contribution in [0.15, 0.2) is 0 Å². The van der Waals surface area contributed by atoms with Gasteiger partial charge < -0.3 is 10.2 Å². The van der Waals surface area contributed by atoms with Crippen LogP contribution in [0.2, 0.25) is 0 Å². The van der Waals surface area contributed by atoms with Gasteiger partial charge in [0.25, 0.3) is 0 Å². The van der Waals surface area contributed by atoms with Gasteiger partial charge in [-0.05, 0) is 64.9 Å². The molecule has 0 fully saturated rings. The van der Waals surface area contributed by atoms with Gasteiger partial charge in [0.1, 0.15) is 5.82 Å². The van der Waals surface area contributed by atoms with Crippen LogP contribution in [0.1, 0.15) is 43.5 Å². The molecular weight excluding hydrogens is 260 g/mol. The van der Waals surface area contributed by atoms with Crippen LogP contribution < -0.4 is 5.32 Å². The Morgan fingerprint density at radius 2 is 1.57 bits per heavy atom. The molecule has 0 spiro atoms. The molecule has 4 nitrogen and oxygen atoms in total. The van der Waals surface area contributed by atoms with Crippen molar-refractivity contribution in [2.45, 2.75) is 47.6 Å². The molecule has 0 aliphatic carbocycles. The minimum atomic E-state index is 0.601. The fourth-order valence-corrected chi connectivity index (χ4v) is 2.50. The molecule has 120 valence electrons. The molecule has 4 heteroatoms. The van der Waals surface area contributed by atoms with Gasteiger partial charge in [0.15, 0.2) is 0 Å². The van der Waals surface area contributed by atoms with Crippen molar-refractivity contribution < 1.29 is 0 Å². The van der Waals surface area contributed by atoms with Gasteiger partial charge in [-0.3, -0.25) is 0 Å². The van der Waals surface area contributed by atoms with Crippen LogP contribution in [0.3, 0.4) is 0 Å². The molecule has 1 aromatic heterocycles. The van der Waals surface area contributed by atoms with Gasteiger partial charge in [-0.25, -0.2) is 9.97 Å². The summed E-state index contributed by atoms with van der Waals surface area (Å²) in [4.78, 5) is 11.4. The average Bonchev–Trinajstić information content (AvgIpc) is 2.32. The van der Waals surface area contributed by atoms with Gasteiger partial charge in [0.05, 0.1) is 6.54 Å². The Balaban J connectivity index is 2.66. The number of nitrogens with one attached hydrogen (secondary N) is 1. The fraction of sp³-hybridized carbons (Fsp3) is 0.765. The topological polar surface area (TPSA) is 41.1 Å². The maximum absolute atomic E-state index is 4.66. The number of aryl methyl sites for hydroxylation is 2. The molecule has 21 heavy (non-hydrogen) atoms. The third-order valence-electron chi connectivity index (χ3n) is 3.52. The van der Waals surface area contributed by atoms with Crippen molar-refractivity contribution in [3.8, 4) is 0 Å². The first-order chi connectivity index (χ1) is 9.79. The van der Waals surface area contributed by atoms with Crippen molar-refractivity contribution in [1.82, 2.24) is 20.2 Å². The molecule has 0 saturated carbocycles. The molecule has 1 atom stereocenters. The van der Waals surface area contributed by atoms with Crippen molar-refractivity contribution in [3.05, 3.63) is 22.8 Å².